The maximum atomic E-state index is 12.8. The molecule has 2 aliphatic rings. The minimum Gasteiger partial charge on any atom is -0.339 e. The Kier molecular flexibility index (Phi) is 4.33. The molecular weight excluding hydrogens is 282 g/mol. The van der Waals surface area contributed by atoms with E-state index in [2.05, 4.69) is 33.9 Å². The lowest BCUT2D eigenvalue weighted by Gasteiger charge is -2.44. The van der Waals surface area contributed by atoms with E-state index in [-0.39, 0.29) is 29.7 Å². The number of nitrogens with one attached hydrogen (secondary N) is 2. The Bertz CT molecular complexity index is 578. The Hall–Kier alpha value is -1.63. The molecule has 2 N–H and O–H groups in total. The molecule has 22 heavy (non-hydrogen) atoms. The van der Waals surface area contributed by atoms with E-state index in [1.165, 1.54) is 0 Å². The van der Waals surface area contributed by atoms with Crippen LogP contribution in [0.15, 0.2) is 4.79 Å². The number of piperidine rings is 2. The zero-order valence-electron chi connectivity index (χ0n) is 13.3. The number of nitrogens with zero attached hydrogens (tertiary/aromatic N) is 3. The van der Waals surface area contributed by atoms with Gasteiger partial charge in [-0.3, -0.25) is 14.7 Å². The van der Waals surface area contributed by atoms with Gasteiger partial charge in [0.1, 0.15) is 5.82 Å². The fourth-order valence-electron chi connectivity index (χ4n) is 3.76. The van der Waals surface area contributed by atoms with Crippen molar-refractivity contribution in [3.63, 3.8) is 0 Å². The van der Waals surface area contributed by atoms with Gasteiger partial charge in [0, 0.05) is 12.6 Å². The summed E-state index contributed by atoms with van der Waals surface area (Å²) in [6, 6.07) is 0.194. The highest BCUT2D eigenvalue weighted by atomic mass is 16.2. The number of carbonyl (C=O) groups excluding carboxylic acids is 1. The third-order valence-electron chi connectivity index (χ3n) is 4.85. The third kappa shape index (κ3) is 2.82. The van der Waals surface area contributed by atoms with Crippen molar-refractivity contribution in [1.82, 2.24) is 25.0 Å². The Balaban J connectivity index is 1.84. The molecule has 0 aliphatic carbocycles. The molecule has 3 rings (SSSR count). The van der Waals surface area contributed by atoms with Crippen LogP contribution >= 0.6 is 0 Å². The maximum absolute atomic E-state index is 12.8. The van der Waals surface area contributed by atoms with E-state index in [9.17, 15) is 9.59 Å². The summed E-state index contributed by atoms with van der Waals surface area (Å²) in [6.45, 7) is 5.88. The van der Waals surface area contributed by atoms with E-state index in [0.717, 1.165) is 45.2 Å². The van der Waals surface area contributed by atoms with Gasteiger partial charge < -0.3 is 4.90 Å². The molecule has 1 aromatic rings. The number of aromatic amines is 2. The predicted octanol–water partition coefficient (Wildman–Crippen LogP) is 1.02. The zero-order valence-corrected chi connectivity index (χ0v) is 13.3. The zero-order chi connectivity index (χ0) is 15.7. The first-order valence-electron chi connectivity index (χ1n) is 8.28. The molecule has 2 unspecified atom stereocenters. The molecule has 0 aromatic carbocycles. The molecule has 2 atom stereocenters. The number of H-pyrrole nitrogens is 2. The summed E-state index contributed by atoms with van der Waals surface area (Å²) in [6.07, 6.45) is 5.07. The monoisotopic (exact) mass is 307 g/mol. The van der Waals surface area contributed by atoms with Crippen LogP contribution in [0.5, 0.6) is 0 Å². The second-order valence-corrected chi connectivity index (χ2v) is 6.60. The lowest BCUT2D eigenvalue weighted by Crippen LogP contribution is -2.56. The van der Waals surface area contributed by atoms with Gasteiger partial charge in [-0.2, -0.15) is 5.10 Å². The van der Waals surface area contributed by atoms with Crippen LogP contribution in [0.3, 0.4) is 0 Å². The van der Waals surface area contributed by atoms with E-state index in [1.807, 2.05) is 4.90 Å². The van der Waals surface area contributed by atoms with Crippen LogP contribution in [-0.2, 0) is 4.79 Å². The standard InChI is InChI=1S/C15H25N5O2/c1-10(2)19-9-5-7-12(14(19)21)20-8-4-3-6-11(20)13-16-15(22)18-17-13/h10-12H,3-9H2,1-2H3,(H2,16,17,18,22). The second kappa shape index (κ2) is 6.24. The Morgan fingerprint density at radius 3 is 2.55 bits per heavy atom. The van der Waals surface area contributed by atoms with Gasteiger partial charge in [-0.1, -0.05) is 6.42 Å². The van der Waals surface area contributed by atoms with Crippen LogP contribution in [-0.4, -0.2) is 56.1 Å². The van der Waals surface area contributed by atoms with Gasteiger partial charge in [-0.25, -0.2) is 9.89 Å². The average Bonchev–Trinajstić information content (AvgIpc) is 2.94. The van der Waals surface area contributed by atoms with Gasteiger partial charge >= 0.3 is 5.69 Å². The summed E-state index contributed by atoms with van der Waals surface area (Å²) in [5, 5.41) is 6.55. The van der Waals surface area contributed by atoms with Gasteiger partial charge in [0.25, 0.3) is 0 Å². The summed E-state index contributed by atoms with van der Waals surface area (Å²) >= 11 is 0. The molecule has 0 bridgehead atoms. The molecule has 1 aromatic heterocycles. The van der Waals surface area contributed by atoms with Crippen LogP contribution in [0.4, 0.5) is 0 Å². The van der Waals surface area contributed by atoms with Crippen molar-refractivity contribution in [3.8, 4) is 0 Å². The van der Waals surface area contributed by atoms with Crippen LogP contribution in [0.25, 0.3) is 0 Å². The van der Waals surface area contributed by atoms with Crippen molar-refractivity contribution in [2.24, 2.45) is 0 Å². The molecule has 2 saturated heterocycles. The number of likely N-dealkylation sites (tertiary alicyclic amines) is 2. The van der Waals surface area contributed by atoms with Crippen molar-refractivity contribution >= 4 is 5.91 Å². The topological polar surface area (TPSA) is 85.1 Å². The second-order valence-electron chi connectivity index (χ2n) is 6.60. The van der Waals surface area contributed by atoms with Crippen LogP contribution in [0, 0.1) is 0 Å². The van der Waals surface area contributed by atoms with E-state index in [4.69, 9.17) is 0 Å². The van der Waals surface area contributed by atoms with Gasteiger partial charge in [-0.05, 0) is 46.1 Å². The molecule has 0 saturated carbocycles. The largest absolute Gasteiger partial charge is 0.340 e. The number of amides is 1. The van der Waals surface area contributed by atoms with Crippen LogP contribution < -0.4 is 5.69 Å². The quantitative estimate of drug-likeness (QED) is 0.873. The van der Waals surface area contributed by atoms with Crippen LogP contribution in [0.2, 0.25) is 0 Å². The fraction of sp³-hybridized carbons (Fsp3) is 0.800. The molecule has 0 spiro atoms. The van der Waals surface area contributed by atoms with Crippen molar-refractivity contribution in [2.75, 3.05) is 13.1 Å². The molecule has 7 heteroatoms. The summed E-state index contributed by atoms with van der Waals surface area (Å²) in [7, 11) is 0. The van der Waals surface area contributed by atoms with Crippen molar-refractivity contribution in [3.05, 3.63) is 16.3 Å². The summed E-state index contributed by atoms with van der Waals surface area (Å²) in [5.74, 6) is 0.894. The molecule has 1 amide bonds. The van der Waals surface area contributed by atoms with Gasteiger partial charge in [0.05, 0.1) is 12.1 Å². The molecule has 2 aliphatic heterocycles. The lowest BCUT2D eigenvalue weighted by atomic mass is 9.94. The minimum absolute atomic E-state index is 0.0359. The molecular formula is C15H25N5O2. The SMILES string of the molecule is CC(C)N1CCCC(N2CCCCC2c2n[nH]c(=O)[nH]2)C1=O. The maximum Gasteiger partial charge on any atom is 0.340 e. The smallest absolute Gasteiger partial charge is 0.339 e. The number of aromatic nitrogens is 3. The van der Waals surface area contributed by atoms with E-state index in [0.29, 0.717) is 5.82 Å². The van der Waals surface area contributed by atoms with E-state index in [1.54, 1.807) is 0 Å². The average molecular weight is 307 g/mol. The highest BCUT2D eigenvalue weighted by Gasteiger charge is 2.39. The van der Waals surface area contributed by atoms with Crippen molar-refractivity contribution in [2.45, 2.75) is 64.1 Å². The van der Waals surface area contributed by atoms with Crippen LogP contribution in [0.1, 0.15) is 57.8 Å². The summed E-state index contributed by atoms with van der Waals surface area (Å²) in [4.78, 5) is 31.2. The van der Waals surface area contributed by atoms with Gasteiger partial charge in [0.2, 0.25) is 5.91 Å². The Labute approximate surface area is 130 Å². The number of rotatable bonds is 3. The Morgan fingerprint density at radius 1 is 1.09 bits per heavy atom. The lowest BCUT2D eigenvalue weighted by molar-refractivity contribution is -0.144. The van der Waals surface area contributed by atoms with Crippen molar-refractivity contribution in [1.29, 1.82) is 0 Å². The highest BCUT2D eigenvalue weighted by Crippen LogP contribution is 2.33. The normalized spacial score (nSPS) is 27.6. The molecule has 0 radical (unpaired) electrons. The first kappa shape index (κ1) is 15.3. The van der Waals surface area contributed by atoms with E-state index >= 15 is 0 Å². The number of hydrogen-bond acceptors (Lipinski definition) is 4. The summed E-state index contributed by atoms with van der Waals surface area (Å²) < 4.78 is 0. The minimum atomic E-state index is -0.278. The molecule has 2 fully saturated rings. The number of hydrogen-bond donors (Lipinski definition) is 2. The predicted molar refractivity (Wildman–Crippen MR) is 82.4 cm³/mol. The number of carbonyl (C=O) groups is 1. The molecule has 122 valence electrons. The highest BCUT2D eigenvalue weighted by molar-refractivity contribution is 5.83. The van der Waals surface area contributed by atoms with E-state index < -0.39 is 0 Å². The first-order chi connectivity index (χ1) is 10.6. The fourth-order valence-corrected chi connectivity index (χ4v) is 3.76. The molecule has 7 nitrogen and oxygen atoms in total. The Morgan fingerprint density at radius 2 is 1.86 bits per heavy atom. The third-order valence-corrected chi connectivity index (χ3v) is 4.85. The molecule has 3 heterocycles. The summed E-state index contributed by atoms with van der Waals surface area (Å²) in [5.41, 5.74) is -0.278. The van der Waals surface area contributed by atoms with Crippen molar-refractivity contribution < 1.29 is 4.79 Å². The first-order valence-corrected chi connectivity index (χ1v) is 8.28. The van der Waals surface area contributed by atoms with Gasteiger partial charge in [0.15, 0.2) is 0 Å². The van der Waals surface area contributed by atoms with Gasteiger partial charge in [-0.15, -0.1) is 0 Å².